The van der Waals surface area contributed by atoms with Crippen molar-refractivity contribution >= 4 is 27.1 Å². The summed E-state index contributed by atoms with van der Waals surface area (Å²) >= 11 is -1.93. The fourth-order valence-corrected chi connectivity index (χ4v) is 5.02. The Labute approximate surface area is 229 Å². The first-order valence-corrected chi connectivity index (χ1v) is 14.3. The second kappa shape index (κ2) is 13.4. The average molecular weight is 575 g/mol. The van der Waals surface area contributed by atoms with Crippen molar-refractivity contribution < 1.29 is 26.1 Å². The molecule has 0 radical (unpaired) electrons. The predicted octanol–water partition coefficient (Wildman–Crippen LogP) is 3.41. The van der Waals surface area contributed by atoms with E-state index in [9.17, 15) is 12.6 Å². The fourth-order valence-electron chi connectivity index (χ4n) is 3.94. The van der Waals surface area contributed by atoms with E-state index in [4.69, 9.17) is 15.2 Å². The van der Waals surface area contributed by atoms with Gasteiger partial charge in [0.05, 0.1) is 10.6 Å². The molecule has 0 saturated heterocycles. The number of nitrogens with two attached hydrogens (primary N) is 2. The van der Waals surface area contributed by atoms with Gasteiger partial charge in [0.2, 0.25) is 11.1 Å². The smallest absolute Gasteiger partial charge is 0.371 e. The lowest BCUT2D eigenvalue weighted by Gasteiger charge is -2.35. The highest BCUT2D eigenvalue weighted by molar-refractivity contribution is 7.84. The molecule has 0 aliphatic heterocycles. The fraction of sp³-hybridized carbons (Fsp3) is 0.200. The molecule has 0 spiro atoms. The largest absolute Gasteiger partial charge is 0.380 e. The van der Waals surface area contributed by atoms with Crippen molar-refractivity contribution in [3.63, 3.8) is 0 Å². The van der Waals surface area contributed by atoms with Gasteiger partial charge in [-0.05, 0) is 66.4 Å². The molecule has 0 aliphatic carbocycles. The number of benzene rings is 3. The van der Waals surface area contributed by atoms with Gasteiger partial charge in [0.15, 0.2) is 0 Å². The first-order chi connectivity index (χ1) is 18.7. The van der Waals surface area contributed by atoms with E-state index in [2.05, 4.69) is 19.5 Å². The Hall–Kier alpha value is -3.66. The second-order valence-electron chi connectivity index (χ2n) is 7.95. The summed E-state index contributed by atoms with van der Waals surface area (Å²) in [7, 11) is -4.19. The molecule has 12 nitrogen and oxygen atoms in total. The lowest BCUT2D eigenvalue weighted by atomic mass is 9.95. The van der Waals surface area contributed by atoms with Crippen LogP contribution in [0.2, 0.25) is 0 Å². The maximum atomic E-state index is 12.3. The maximum absolute atomic E-state index is 12.3. The zero-order valence-electron chi connectivity index (χ0n) is 21.8. The molecule has 4 rings (SSSR count). The summed E-state index contributed by atoms with van der Waals surface area (Å²) in [6.45, 7) is 7.50. The molecule has 14 heteroatoms. The van der Waals surface area contributed by atoms with E-state index in [1.807, 2.05) is 55.3 Å². The van der Waals surface area contributed by atoms with Crippen molar-refractivity contribution in [2.45, 2.75) is 38.6 Å². The lowest BCUT2D eigenvalue weighted by Crippen LogP contribution is -2.34. The summed E-state index contributed by atoms with van der Waals surface area (Å²) in [5.74, 6) is 5.01. The number of hydrogen-bond acceptors (Lipinski definition) is 10. The van der Waals surface area contributed by atoms with Gasteiger partial charge in [-0.15, -0.1) is 19.5 Å². The van der Waals surface area contributed by atoms with Gasteiger partial charge in [-0.25, -0.2) is 8.89 Å². The minimum absolute atomic E-state index is 0.112. The summed E-state index contributed by atoms with van der Waals surface area (Å²) in [5, 5.41) is 15.0. The molecular weight excluding hydrogens is 544 g/mol. The molecule has 0 aliphatic rings. The van der Waals surface area contributed by atoms with E-state index in [1.165, 1.54) is 0 Å². The van der Waals surface area contributed by atoms with E-state index in [1.54, 1.807) is 61.5 Å². The van der Waals surface area contributed by atoms with Crippen LogP contribution in [-0.2, 0) is 30.7 Å². The molecule has 39 heavy (non-hydrogen) atoms. The Kier molecular flexibility index (Phi) is 10.3. The third kappa shape index (κ3) is 7.47. The lowest BCUT2D eigenvalue weighted by molar-refractivity contribution is -0.201. The molecule has 0 saturated carbocycles. The number of rotatable bonds is 10. The van der Waals surface area contributed by atoms with E-state index < -0.39 is 27.4 Å². The van der Waals surface area contributed by atoms with Crippen LogP contribution in [0.5, 0.6) is 5.75 Å². The van der Waals surface area contributed by atoms with Crippen LogP contribution in [0, 0.1) is 13.8 Å². The third-order valence-electron chi connectivity index (χ3n) is 5.44. The van der Waals surface area contributed by atoms with Gasteiger partial charge in [-0.2, -0.15) is 19.5 Å². The van der Waals surface area contributed by atoms with Gasteiger partial charge in [0.1, 0.15) is 24.4 Å². The van der Waals surface area contributed by atoms with Gasteiger partial charge in [-0.1, -0.05) is 50.2 Å². The normalized spacial score (nSPS) is 12.7. The molecule has 0 bridgehead atoms. The molecule has 1 aromatic heterocycles. The van der Waals surface area contributed by atoms with Crippen LogP contribution >= 0.6 is 0 Å². The van der Waals surface area contributed by atoms with E-state index in [0.29, 0.717) is 16.0 Å². The molecule has 0 fully saturated rings. The number of para-hydroxylation sites is 1. The zero-order valence-corrected chi connectivity index (χ0v) is 23.4. The second-order valence-corrected chi connectivity index (χ2v) is 10.1. The summed E-state index contributed by atoms with van der Waals surface area (Å²) in [6.07, 6.45) is 3.13. The summed E-state index contributed by atoms with van der Waals surface area (Å²) < 4.78 is 46.5. The van der Waals surface area contributed by atoms with E-state index in [0.717, 1.165) is 16.8 Å². The Bertz CT molecular complexity index is 1500. The van der Waals surface area contributed by atoms with Crippen LogP contribution in [-0.4, -0.2) is 27.5 Å². The number of aromatic nitrogens is 3. The highest BCUT2D eigenvalue weighted by Gasteiger charge is 2.27. The van der Waals surface area contributed by atoms with Crippen molar-refractivity contribution in [3.8, 4) is 5.75 Å². The van der Waals surface area contributed by atoms with Crippen molar-refractivity contribution in [1.82, 2.24) is 14.9 Å². The third-order valence-corrected chi connectivity index (χ3v) is 6.87. The first-order valence-electron chi connectivity index (χ1n) is 11.8. The van der Waals surface area contributed by atoms with Crippen LogP contribution in [0.25, 0.3) is 0 Å². The van der Waals surface area contributed by atoms with Crippen molar-refractivity contribution in [2.24, 2.45) is 11.0 Å². The summed E-state index contributed by atoms with van der Waals surface area (Å²) in [5.41, 5.74) is 3.63. The monoisotopic (exact) mass is 574 g/mol. The summed E-state index contributed by atoms with van der Waals surface area (Å²) in [4.78, 5) is 4.46. The van der Waals surface area contributed by atoms with Crippen LogP contribution in [0.4, 0.5) is 5.69 Å². The number of hydrogen-bond donors (Lipinski definition) is 2. The minimum atomic E-state index is -4.19. The maximum Gasteiger partial charge on any atom is 0.380 e. The van der Waals surface area contributed by atoms with Gasteiger partial charge < -0.3 is 4.18 Å². The number of aryl methyl sites for hydroxylation is 2. The summed E-state index contributed by atoms with van der Waals surface area (Å²) in [6, 6.07) is 19.5. The van der Waals surface area contributed by atoms with Crippen LogP contribution in [0.3, 0.4) is 0 Å². The van der Waals surface area contributed by atoms with Crippen molar-refractivity contribution in [3.05, 3.63) is 102 Å². The molecule has 2 atom stereocenters. The van der Waals surface area contributed by atoms with Gasteiger partial charge in [-0.3, -0.25) is 5.01 Å². The molecule has 3 aromatic carbocycles. The Morgan fingerprint density at radius 1 is 0.923 bits per heavy atom. The average Bonchev–Trinajstić information content (AvgIpc) is 3.44. The first kappa shape index (κ1) is 29.9. The SMILES string of the molecule is CC.Cc1cc(C(c2ccc(S(=O)OON)c(C)c2)N(c2ccccc2)n2cnnc2)ccc1OS(N)(=O)=O. The molecule has 2 unspecified atom stereocenters. The topological polar surface area (TPSA) is 165 Å². The quantitative estimate of drug-likeness (QED) is 0.212. The van der Waals surface area contributed by atoms with Crippen LogP contribution < -0.4 is 20.2 Å². The van der Waals surface area contributed by atoms with Crippen molar-refractivity contribution in [2.75, 3.05) is 5.01 Å². The Morgan fingerprint density at radius 2 is 1.51 bits per heavy atom. The van der Waals surface area contributed by atoms with Crippen LogP contribution in [0.1, 0.15) is 42.1 Å². The predicted molar refractivity (Wildman–Crippen MR) is 146 cm³/mol. The Balaban J connectivity index is 0.00000205. The van der Waals surface area contributed by atoms with Crippen LogP contribution in [0.15, 0.2) is 84.3 Å². The highest BCUT2D eigenvalue weighted by atomic mass is 32.2. The molecule has 4 aromatic rings. The van der Waals surface area contributed by atoms with E-state index in [-0.39, 0.29) is 5.75 Å². The van der Waals surface area contributed by atoms with E-state index >= 15 is 0 Å². The minimum Gasteiger partial charge on any atom is -0.371 e. The van der Waals surface area contributed by atoms with Gasteiger partial charge in [0.25, 0.3) is 0 Å². The van der Waals surface area contributed by atoms with Crippen molar-refractivity contribution in [1.29, 1.82) is 0 Å². The highest BCUT2D eigenvalue weighted by Crippen LogP contribution is 2.36. The number of anilines is 1. The molecular formula is C25H30N6O6S2. The molecule has 0 amide bonds. The molecule has 1 heterocycles. The van der Waals surface area contributed by atoms with Gasteiger partial charge in [0, 0.05) is 0 Å². The van der Waals surface area contributed by atoms with Gasteiger partial charge >= 0.3 is 10.3 Å². The standard InChI is InChI=1S/C23H24N6O6S2.C2H6/c1-16-12-18(8-10-21(16)33-37(25,31)32)23(19-9-11-22(17(2)13-19)36(30)35-34-24)29(28-14-26-27-15-28)20-6-4-3-5-7-20;1-2/h3-15,23H,24H2,1-2H3,(H2,25,31,32);1-2H3. The molecule has 4 N–H and O–H groups in total. The Morgan fingerprint density at radius 3 is 2.05 bits per heavy atom. The zero-order chi connectivity index (χ0) is 28.6. The molecule has 208 valence electrons. The number of nitrogens with zero attached hydrogens (tertiary/aromatic N) is 4.